The molecule has 6 heteroatoms. The Hall–Kier alpha value is -1.82. The minimum atomic E-state index is -0.312. The fraction of sp³-hybridized carbons (Fsp3) is 0.600. The molecule has 3 atom stereocenters. The predicted molar refractivity (Wildman–Crippen MR) is 76.3 cm³/mol. The molecule has 2 fully saturated rings. The molecule has 114 valence electrons. The topological polar surface area (TPSA) is 65.8 Å². The Labute approximate surface area is 124 Å². The third kappa shape index (κ3) is 2.55. The first-order chi connectivity index (χ1) is 10.1. The van der Waals surface area contributed by atoms with E-state index in [9.17, 15) is 9.59 Å². The van der Waals surface area contributed by atoms with Gasteiger partial charge < -0.3 is 14.6 Å². The second-order valence-corrected chi connectivity index (χ2v) is 5.89. The highest BCUT2D eigenvalue weighted by atomic mass is 16.3. The Kier molecular flexibility index (Phi) is 3.71. The molecule has 1 aromatic heterocycles. The Morgan fingerprint density at radius 3 is 2.86 bits per heavy atom. The van der Waals surface area contributed by atoms with Crippen molar-refractivity contribution in [3.05, 3.63) is 24.2 Å². The van der Waals surface area contributed by atoms with Crippen LogP contribution in [-0.2, 0) is 16.1 Å². The van der Waals surface area contributed by atoms with Gasteiger partial charge in [-0.3, -0.25) is 14.5 Å². The van der Waals surface area contributed by atoms with Gasteiger partial charge in [-0.15, -0.1) is 0 Å². The molecule has 0 radical (unpaired) electrons. The van der Waals surface area contributed by atoms with Crippen LogP contribution in [0.25, 0.3) is 0 Å². The molecule has 0 bridgehead atoms. The van der Waals surface area contributed by atoms with E-state index in [2.05, 4.69) is 10.2 Å². The van der Waals surface area contributed by atoms with Gasteiger partial charge in [0.15, 0.2) is 0 Å². The summed E-state index contributed by atoms with van der Waals surface area (Å²) in [5.41, 5.74) is 0. The lowest BCUT2D eigenvalue weighted by Crippen LogP contribution is -2.49. The first-order valence-electron chi connectivity index (χ1n) is 7.35. The van der Waals surface area contributed by atoms with Gasteiger partial charge in [-0.05, 0) is 24.5 Å². The van der Waals surface area contributed by atoms with Crippen molar-refractivity contribution in [2.24, 2.45) is 5.92 Å². The second kappa shape index (κ2) is 5.52. The number of likely N-dealkylation sites (N-methyl/N-ethyl adjacent to an activating group) is 1. The van der Waals surface area contributed by atoms with E-state index in [-0.39, 0.29) is 23.9 Å². The predicted octanol–water partition coefficient (Wildman–Crippen LogP) is 0.447. The standard InChI is InChI=1S/C15H21N3O3/c1-10(19)18-13(15(20)16-2)6-11-7-17(9-14(11)18)8-12-4-3-5-21-12/h3-5,11,13-14H,6-9H2,1-2H3,(H,16,20)/t11-,13-,14+/m0/s1. The fourth-order valence-corrected chi connectivity index (χ4v) is 3.72. The van der Waals surface area contributed by atoms with Crippen LogP contribution in [0.1, 0.15) is 19.1 Å². The maximum absolute atomic E-state index is 12.0. The maximum Gasteiger partial charge on any atom is 0.242 e. The zero-order chi connectivity index (χ0) is 15.0. The summed E-state index contributed by atoms with van der Waals surface area (Å²) in [4.78, 5) is 28.0. The van der Waals surface area contributed by atoms with E-state index in [1.54, 1.807) is 25.1 Å². The Morgan fingerprint density at radius 1 is 1.43 bits per heavy atom. The van der Waals surface area contributed by atoms with Gasteiger partial charge in [0.1, 0.15) is 11.8 Å². The highest BCUT2D eigenvalue weighted by Crippen LogP contribution is 2.36. The van der Waals surface area contributed by atoms with Gasteiger partial charge in [-0.1, -0.05) is 0 Å². The van der Waals surface area contributed by atoms with Gasteiger partial charge in [-0.25, -0.2) is 0 Å². The largest absolute Gasteiger partial charge is 0.468 e. The first-order valence-corrected chi connectivity index (χ1v) is 7.35. The van der Waals surface area contributed by atoms with E-state index >= 15 is 0 Å². The van der Waals surface area contributed by atoms with Crippen LogP contribution in [0.3, 0.4) is 0 Å². The van der Waals surface area contributed by atoms with Crippen molar-refractivity contribution in [1.82, 2.24) is 15.1 Å². The van der Waals surface area contributed by atoms with Gasteiger partial charge in [0, 0.05) is 33.1 Å². The summed E-state index contributed by atoms with van der Waals surface area (Å²) in [5.74, 6) is 1.23. The van der Waals surface area contributed by atoms with Crippen molar-refractivity contribution in [3.8, 4) is 0 Å². The van der Waals surface area contributed by atoms with Crippen LogP contribution >= 0.6 is 0 Å². The zero-order valence-corrected chi connectivity index (χ0v) is 12.4. The molecule has 2 amide bonds. The van der Waals surface area contributed by atoms with Crippen LogP contribution in [0, 0.1) is 5.92 Å². The molecule has 2 aliphatic heterocycles. The summed E-state index contributed by atoms with van der Waals surface area (Å²) < 4.78 is 5.38. The van der Waals surface area contributed by atoms with Crippen LogP contribution < -0.4 is 5.32 Å². The summed E-state index contributed by atoms with van der Waals surface area (Å²) in [6, 6.07) is 3.67. The number of amides is 2. The van der Waals surface area contributed by atoms with E-state index in [0.717, 1.165) is 31.8 Å². The minimum absolute atomic E-state index is 0.0176. The quantitative estimate of drug-likeness (QED) is 0.878. The van der Waals surface area contributed by atoms with Gasteiger partial charge in [-0.2, -0.15) is 0 Å². The monoisotopic (exact) mass is 291 g/mol. The molecule has 0 aliphatic carbocycles. The minimum Gasteiger partial charge on any atom is -0.468 e. The highest BCUT2D eigenvalue weighted by Gasteiger charge is 2.49. The number of hydrogen-bond donors (Lipinski definition) is 1. The summed E-state index contributed by atoms with van der Waals surface area (Å²) in [6.45, 7) is 4.02. The van der Waals surface area contributed by atoms with Gasteiger partial charge in [0.25, 0.3) is 0 Å². The summed E-state index contributed by atoms with van der Waals surface area (Å²) in [6.07, 6.45) is 2.42. The Morgan fingerprint density at radius 2 is 2.24 bits per heavy atom. The van der Waals surface area contributed by atoms with Crippen molar-refractivity contribution in [3.63, 3.8) is 0 Å². The van der Waals surface area contributed by atoms with Gasteiger partial charge >= 0.3 is 0 Å². The molecule has 3 rings (SSSR count). The molecule has 2 aliphatic rings. The third-order valence-corrected chi connectivity index (χ3v) is 4.57. The first kappa shape index (κ1) is 14.1. The van der Waals surface area contributed by atoms with Crippen LogP contribution in [0.4, 0.5) is 0 Å². The smallest absolute Gasteiger partial charge is 0.242 e. The van der Waals surface area contributed by atoms with Gasteiger partial charge in [0.05, 0.1) is 12.8 Å². The van der Waals surface area contributed by atoms with Gasteiger partial charge in [0.2, 0.25) is 11.8 Å². The van der Waals surface area contributed by atoms with E-state index in [1.807, 2.05) is 12.1 Å². The number of likely N-dealkylation sites (tertiary alicyclic amines) is 2. The van der Waals surface area contributed by atoms with Crippen LogP contribution in [0.5, 0.6) is 0 Å². The van der Waals surface area contributed by atoms with Crippen molar-refractivity contribution in [1.29, 1.82) is 0 Å². The zero-order valence-electron chi connectivity index (χ0n) is 12.4. The molecule has 6 nitrogen and oxygen atoms in total. The molecule has 0 spiro atoms. The van der Waals surface area contributed by atoms with Crippen LogP contribution in [0.15, 0.2) is 22.8 Å². The number of rotatable bonds is 3. The number of fused-ring (bicyclic) bond motifs is 1. The molecule has 2 saturated heterocycles. The molecule has 21 heavy (non-hydrogen) atoms. The molecule has 0 saturated carbocycles. The number of carbonyl (C=O) groups excluding carboxylic acids is 2. The fourth-order valence-electron chi connectivity index (χ4n) is 3.72. The molecule has 0 aromatic carbocycles. The lowest BCUT2D eigenvalue weighted by molar-refractivity contribution is -0.138. The average molecular weight is 291 g/mol. The van der Waals surface area contributed by atoms with Crippen LogP contribution in [0.2, 0.25) is 0 Å². The van der Waals surface area contributed by atoms with Crippen molar-refractivity contribution in [2.45, 2.75) is 32.0 Å². The molecule has 1 N–H and O–H groups in total. The van der Waals surface area contributed by atoms with Crippen LogP contribution in [-0.4, -0.2) is 53.8 Å². The van der Waals surface area contributed by atoms with E-state index in [1.165, 1.54) is 0 Å². The summed E-state index contributed by atoms with van der Waals surface area (Å²) >= 11 is 0. The lowest BCUT2D eigenvalue weighted by Gasteiger charge is -2.28. The maximum atomic E-state index is 12.0. The molecule has 0 unspecified atom stereocenters. The van der Waals surface area contributed by atoms with Crippen molar-refractivity contribution < 1.29 is 14.0 Å². The van der Waals surface area contributed by atoms with E-state index in [4.69, 9.17) is 4.42 Å². The normalized spacial score (nSPS) is 28.7. The average Bonchev–Trinajstić information content (AvgIpc) is 3.12. The lowest BCUT2D eigenvalue weighted by atomic mass is 10.0. The molecular weight excluding hydrogens is 270 g/mol. The number of nitrogens with one attached hydrogen (secondary N) is 1. The highest BCUT2D eigenvalue weighted by molar-refractivity contribution is 5.87. The third-order valence-electron chi connectivity index (χ3n) is 4.57. The van der Waals surface area contributed by atoms with Crippen molar-refractivity contribution >= 4 is 11.8 Å². The molecular formula is C15H21N3O3. The Balaban J connectivity index is 1.70. The number of carbonyl (C=O) groups is 2. The van der Waals surface area contributed by atoms with Crippen molar-refractivity contribution in [2.75, 3.05) is 20.1 Å². The number of nitrogens with zero attached hydrogens (tertiary/aromatic N) is 2. The SMILES string of the molecule is CNC(=O)[C@@H]1C[C@H]2CN(Cc3ccco3)C[C@H]2N1C(C)=O. The summed E-state index contributed by atoms with van der Waals surface area (Å²) in [5, 5.41) is 2.67. The Bertz CT molecular complexity index is 528. The molecule has 1 aromatic rings. The number of hydrogen-bond acceptors (Lipinski definition) is 4. The number of furan rings is 1. The van der Waals surface area contributed by atoms with E-state index < -0.39 is 0 Å². The molecule has 3 heterocycles. The van der Waals surface area contributed by atoms with E-state index in [0.29, 0.717) is 5.92 Å². The summed E-state index contributed by atoms with van der Waals surface area (Å²) in [7, 11) is 1.62. The second-order valence-electron chi connectivity index (χ2n) is 5.89.